The van der Waals surface area contributed by atoms with Crippen LogP contribution in [0.5, 0.6) is 0 Å². The highest BCUT2D eigenvalue weighted by Crippen LogP contribution is 2.26. The predicted molar refractivity (Wildman–Crippen MR) is 113 cm³/mol. The average Bonchev–Trinajstić information content (AvgIpc) is 2.67. The lowest BCUT2D eigenvalue weighted by Crippen LogP contribution is -2.23. The van der Waals surface area contributed by atoms with E-state index in [0.717, 1.165) is 18.8 Å². The highest BCUT2D eigenvalue weighted by atomic mass is 31.0. The summed E-state index contributed by atoms with van der Waals surface area (Å²) in [6.45, 7) is 6.38. The Morgan fingerprint density at radius 3 is 2.08 bits per heavy atom. The van der Waals surface area contributed by atoms with Crippen LogP contribution in [0, 0.1) is 0 Å². The summed E-state index contributed by atoms with van der Waals surface area (Å²) in [4.78, 5) is 11.8. The normalized spacial score (nSPS) is 16.5. The van der Waals surface area contributed by atoms with Crippen LogP contribution in [0.25, 0.3) is 5.57 Å². The standard InChI is InChI=1S/C12H11O2P.C10H22O/c13-11-9(6-7-10(15)12(11)14)8-4-2-1-3-5-8;1-3-5-7-9-11-10-8-6-4-2/h1-7,12,14H,15H2;3-10H2,1-2H3. The average molecular weight is 376 g/mol. The number of unbranched alkanes of at least 4 members (excludes halogenated alkanes) is 4. The van der Waals surface area contributed by atoms with Crippen molar-refractivity contribution in [3.8, 4) is 0 Å². The summed E-state index contributed by atoms with van der Waals surface area (Å²) in [7, 11) is 2.37. The number of aliphatic hydroxyl groups excluding tert-OH is 1. The maximum absolute atomic E-state index is 11.8. The van der Waals surface area contributed by atoms with Crippen molar-refractivity contribution >= 4 is 20.6 Å². The Bertz CT molecular complexity index is 570. The molecule has 0 radical (unpaired) electrons. The smallest absolute Gasteiger partial charge is 0.196 e. The number of rotatable bonds is 9. The zero-order chi connectivity index (χ0) is 19.2. The lowest BCUT2D eigenvalue weighted by Gasteiger charge is -2.16. The number of ketones is 1. The summed E-state index contributed by atoms with van der Waals surface area (Å²) in [6.07, 6.45) is 10.2. The Morgan fingerprint density at radius 1 is 0.962 bits per heavy atom. The van der Waals surface area contributed by atoms with E-state index in [0.29, 0.717) is 10.9 Å². The van der Waals surface area contributed by atoms with Crippen molar-refractivity contribution in [1.82, 2.24) is 0 Å². The molecule has 2 atom stereocenters. The molecule has 0 bridgehead atoms. The van der Waals surface area contributed by atoms with Gasteiger partial charge in [0, 0.05) is 18.8 Å². The van der Waals surface area contributed by atoms with E-state index in [4.69, 9.17) is 4.74 Å². The van der Waals surface area contributed by atoms with Crippen LogP contribution in [-0.4, -0.2) is 30.2 Å². The molecular formula is C22H33O3P. The van der Waals surface area contributed by atoms with E-state index >= 15 is 0 Å². The van der Waals surface area contributed by atoms with E-state index in [1.165, 1.54) is 38.5 Å². The fourth-order valence-corrected chi connectivity index (χ4v) is 2.77. The molecule has 0 heterocycles. The molecule has 0 aromatic heterocycles. The number of hydrogen-bond donors (Lipinski definition) is 1. The van der Waals surface area contributed by atoms with Gasteiger partial charge in [0.05, 0.1) is 0 Å². The first-order valence-electron chi connectivity index (χ1n) is 9.64. The fourth-order valence-electron chi connectivity index (χ4n) is 2.52. The number of carbonyl (C=O) groups is 1. The highest BCUT2D eigenvalue weighted by molar-refractivity contribution is 7.22. The van der Waals surface area contributed by atoms with E-state index in [2.05, 4.69) is 23.1 Å². The third-order valence-electron chi connectivity index (χ3n) is 4.14. The molecule has 0 spiro atoms. The van der Waals surface area contributed by atoms with Gasteiger partial charge in [-0.05, 0) is 23.7 Å². The van der Waals surface area contributed by atoms with Crippen LogP contribution in [0.4, 0.5) is 0 Å². The molecule has 1 aromatic rings. The first kappa shape index (κ1) is 22.8. The van der Waals surface area contributed by atoms with Crippen molar-refractivity contribution in [1.29, 1.82) is 0 Å². The van der Waals surface area contributed by atoms with Crippen LogP contribution < -0.4 is 0 Å². The Labute approximate surface area is 160 Å². The van der Waals surface area contributed by atoms with Gasteiger partial charge >= 0.3 is 0 Å². The molecule has 144 valence electrons. The Hall–Kier alpha value is -1.28. The summed E-state index contributed by atoms with van der Waals surface area (Å²) in [5.74, 6) is -0.242. The first-order valence-corrected chi connectivity index (χ1v) is 10.2. The van der Waals surface area contributed by atoms with Crippen LogP contribution >= 0.6 is 9.24 Å². The van der Waals surface area contributed by atoms with E-state index in [9.17, 15) is 9.90 Å². The SMILES string of the molecule is CCCCCOCCCCC.O=C1C(c2ccccc2)=CC=C(P)C1O. The minimum Gasteiger partial charge on any atom is -0.381 e. The van der Waals surface area contributed by atoms with Gasteiger partial charge in [0.2, 0.25) is 0 Å². The molecule has 26 heavy (non-hydrogen) atoms. The molecule has 2 unspecified atom stereocenters. The van der Waals surface area contributed by atoms with E-state index in [-0.39, 0.29) is 5.78 Å². The lowest BCUT2D eigenvalue weighted by atomic mass is 9.94. The number of aliphatic hydroxyl groups is 1. The summed E-state index contributed by atoms with van der Waals surface area (Å²) >= 11 is 0. The first-order chi connectivity index (χ1) is 12.6. The van der Waals surface area contributed by atoms with Crippen molar-refractivity contribution in [3.05, 3.63) is 53.4 Å². The van der Waals surface area contributed by atoms with Crippen molar-refractivity contribution in [2.75, 3.05) is 13.2 Å². The Kier molecular flexibility index (Phi) is 12.1. The van der Waals surface area contributed by atoms with Gasteiger partial charge in [-0.15, -0.1) is 9.24 Å². The van der Waals surface area contributed by atoms with Crippen LogP contribution in [0.3, 0.4) is 0 Å². The number of carbonyl (C=O) groups excluding carboxylic acids is 1. The van der Waals surface area contributed by atoms with Gasteiger partial charge in [0.15, 0.2) is 5.78 Å². The molecule has 1 aliphatic carbocycles. The third-order valence-corrected chi connectivity index (χ3v) is 4.65. The predicted octanol–water partition coefficient (Wildman–Crippen LogP) is 5.16. The molecule has 1 aromatic carbocycles. The van der Waals surface area contributed by atoms with Crippen molar-refractivity contribution in [2.45, 2.75) is 58.5 Å². The minimum atomic E-state index is -1.02. The van der Waals surface area contributed by atoms with Gasteiger partial charge in [0.1, 0.15) is 6.10 Å². The van der Waals surface area contributed by atoms with Crippen LogP contribution in [0.2, 0.25) is 0 Å². The number of allylic oxidation sites excluding steroid dienone is 2. The summed E-state index contributed by atoms with van der Waals surface area (Å²) in [5, 5.41) is 10.2. The van der Waals surface area contributed by atoms with Gasteiger partial charge < -0.3 is 9.84 Å². The largest absolute Gasteiger partial charge is 0.381 e. The van der Waals surface area contributed by atoms with Crippen LogP contribution in [-0.2, 0) is 9.53 Å². The molecule has 1 aliphatic rings. The Balaban J connectivity index is 0.000000276. The monoisotopic (exact) mass is 376 g/mol. The van der Waals surface area contributed by atoms with Gasteiger partial charge in [-0.1, -0.05) is 82.0 Å². The van der Waals surface area contributed by atoms with Crippen molar-refractivity contribution in [2.24, 2.45) is 0 Å². The number of ether oxygens (including phenoxy) is 1. The van der Waals surface area contributed by atoms with Gasteiger partial charge in [-0.3, -0.25) is 4.79 Å². The molecular weight excluding hydrogens is 343 g/mol. The Morgan fingerprint density at radius 2 is 1.54 bits per heavy atom. The molecule has 0 saturated carbocycles. The summed E-state index contributed by atoms with van der Waals surface area (Å²) < 4.78 is 5.44. The quantitative estimate of drug-likeness (QED) is 0.478. The van der Waals surface area contributed by atoms with Gasteiger partial charge in [0.25, 0.3) is 0 Å². The molecule has 1 N–H and O–H groups in total. The second-order valence-corrected chi connectivity index (χ2v) is 7.07. The maximum atomic E-state index is 11.8. The van der Waals surface area contributed by atoms with Crippen molar-refractivity contribution < 1.29 is 14.6 Å². The number of Topliss-reactive ketones (excluding diaryl/α,β-unsaturated/α-hetero) is 1. The molecule has 0 saturated heterocycles. The fraction of sp³-hybridized carbons (Fsp3) is 0.500. The molecule has 3 nitrogen and oxygen atoms in total. The lowest BCUT2D eigenvalue weighted by molar-refractivity contribution is -0.119. The molecule has 2 rings (SSSR count). The van der Waals surface area contributed by atoms with Crippen molar-refractivity contribution in [3.63, 3.8) is 0 Å². The second kappa shape index (κ2) is 13.9. The van der Waals surface area contributed by atoms with Gasteiger partial charge in [-0.2, -0.15) is 0 Å². The third kappa shape index (κ3) is 8.40. The zero-order valence-electron chi connectivity index (χ0n) is 16.1. The number of hydrogen-bond acceptors (Lipinski definition) is 3. The van der Waals surface area contributed by atoms with E-state index in [1.54, 1.807) is 12.2 Å². The summed E-state index contributed by atoms with van der Waals surface area (Å²) in [5.41, 5.74) is 1.41. The van der Waals surface area contributed by atoms with Crippen LogP contribution in [0.15, 0.2) is 47.8 Å². The summed E-state index contributed by atoms with van der Waals surface area (Å²) in [6, 6.07) is 9.35. The van der Waals surface area contributed by atoms with E-state index < -0.39 is 6.10 Å². The molecule has 0 aliphatic heterocycles. The topological polar surface area (TPSA) is 46.5 Å². The van der Waals surface area contributed by atoms with E-state index in [1.807, 2.05) is 30.3 Å². The van der Waals surface area contributed by atoms with Crippen LogP contribution in [0.1, 0.15) is 57.9 Å². The molecule has 0 amide bonds. The zero-order valence-corrected chi connectivity index (χ0v) is 17.3. The van der Waals surface area contributed by atoms with Gasteiger partial charge in [-0.25, -0.2) is 0 Å². The highest BCUT2D eigenvalue weighted by Gasteiger charge is 2.24. The maximum Gasteiger partial charge on any atom is 0.196 e. The molecule has 4 heteroatoms. The molecule has 0 fully saturated rings. The minimum absolute atomic E-state index is 0.242. The second-order valence-electron chi connectivity index (χ2n) is 6.41. The number of benzene rings is 1.